The third kappa shape index (κ3) is 6.83. The normalized spacial score (nSPS) is 12.7. The predicted octanol–water partition coefficient (Wildman–Crippen LogP) is 1.69. The monoisotopic (exact) mass is 406 g/mol. The van der Waals surface area contributed by atoms with Crippen molar-refractivity contribution in [2.24, 2.45) is 0 Å². The summed E-state index contributed by atoms with van der Waals surface area (Å²) in [5.74, 6) is -1.24. The van der Waals surface area contributed by atoms with Gasteiger partial charge in [-0.3, -0.25) is 9.59 Å². The first-order valence-corrected chi connectivity index (χ1v) is 9.34. The Morgan fingerprint density at radius 2 is 1.72 bits per heavy atom. The average Bonchev–Trinajstić information content (AvgIpc) is 2.67. The molecular weight excluding hydrogens is 380 g/mol. The number of hydrogen-bond donors (Lipinski definition) is 3. The van der Waals surface area contributed by atoms with Crippen molar-refractivity contribution in [1.82, 2.24) is 5.32 Å². The maximum atomic E-state index is 13.8. The first-order valence-electron chi connectivity index (χ1n) is 9.34. The highest BCUT2D eigenvalue weighted by Crippen LogP contribution is 2.17. The van der Waals surface area contributed by atoms with E-state index in [9.17, 15) is 18.4 Å². The molecule has 0 bridgehead atoms. The fourth-order valence-corrected chi connectivity index (χ4v) is 2.87. The first kappa shape index (κ1) is 22.3. The van der Waals surface area contributed by atoms with Crippen molar-refractivity contribution in [3.05, 3.63) is 59.7 Å². The van der Waals surface area contributed by atoms with Crippen molar-refractivity contribution in [2.75, 3.05) is 32.1 Å². The van der Waals surface area contributed by atoms with Gasteiger partial charge in [0.1, 0.15) is 17.4 Å². The van der Waals surface area contributed by atoms with Crippen molar-refractivity contribution in [3.63, 3.8) is 0 Å². The van der Waals surface area contributed by atoms with Crippen molar-refractivity contribution in [3.8, 4) is 5.75 Å². The van der Waals surface area contributed by atoms with E-state index < -0.39 is 17.7 Å². The minimum Gasteiger partial charge on any atom is -0.497 e. The second kappa shape index (κ2) is 10.5. The number of likely N-dealkylation sites (N-methyl/N-ethyl adjacent to an activating group) is 1. The number of nitrogens with one attached hydrogen (secondary N) is 3. The Bertz CT molecular complexity index is 844. The molecule has 0 aliphatic carbocycles. The standard InChI is InChI=1S/C21H25F2N3O3/c1-4-26(13-21(28)25-16-6-8-17(29-3)9-7-16)12-20(27)24-14(2)18-10-5-15(22)11-19(18)23/h5-11,14H,4,12-13H2,1-3H3,(H,24,27)(H,25,28)/p+1/t14-/m0/s1. The zero-order valence-electron chi connectivity index (χ0n) is 16.7. The van der Waals surface area contributed by atoms with Crippen LogP contribution in [0.1, 0.15) is 25.5 Å². The van der Waals surface area contributed by atoms with Gasteiger partial charge in [-0.1, -0.05) is 6.07 Å². The molecule has 29 heavy (non-hydrogen) atoms. The fraction of sp³-hybridized carbons (Fsp3) is 0.333. The smallest absolute Gasteiger partial charge is 0.279 e. The summed E-state index contributed by atoms with van der Waals surface area (Å²) in [6.07, 6.45) is 0. The van der Waals surface area contributed by atoms with Gasteiger partial charge in [-0.05, 0) is 44.2 Å². The summed E-state index contributed by atoms with van der Waals surface area (Å²) in [4.78, 5) is 25.3. The molecule has 0 fully saturated rings. The summed E-state index contributed by atoms with van der Waals surface area (Å²) < 4.78 is 32.0. The second-order valence-corrected chi connectivity index (χ2v) is 6.69. The highest BCUT2D eigenvalue weighted by Gasteiger charge is 2.20. The van der Waals surface area contributed by atoms with Crippen LogP contribution in [0.4, 0.5) is 14.5 Å². The number of anilines is 1. The van der Waals surface area contributed by atoms with Crippen LogP contribution in [0.15, 0.2) is 42.5 Å². The van der Waals surface area contributed by atoms with Gasteiger partial charge >= 0.3 is 0 Å². The number of carbonyl (C=O) groups is 2. The van der Waals surface area contributed by atoms with Crippen LogP contribution >= 0.6 is 0 Å². The van der Waals surface area contributed by atoms with E-state index in [-0.39, 0.29) is 30.5 Å². The number of halogens is 2. The van der Waals surface area contributed by atoms with Crippen LogP contribution in [-0.4, -0.2) is 38.6 Å². The Morgan fingerprint density at radius 3 is 2.31 bits per heavy atom. The molecule has 0 heterocycles. The summed E-state index contributed by atoms with van der Waals surface area (Å²) in [5, 5.41) is 5.47. The van der Waals surface area contributed by atoms with Gasteiger partial charge in [0.15, 0.2) is 13.1 Å². The van der Waals surface area contributed by atoms with Gasteiger partial charge in [0.2, 0.25) is 0 Å². The zero-order valence-corrected chi connectivity index (χ0v) is 16.7. The van der Waals surface area contributed by atoms with Gasteiger partial charge < -0.3 is 20.3 Å². The van der Waals surface area contributed by atoms with E-state index in [1.165, 1.54) is 6.07 Å². The molecule has 0 spiro atoms. The third-order valence-corrected chi connectivity index (χ3v) is 4.50. The lowest BCUT2D eigenvalue weighted by Crippen LogP contribution is -3.14. The van der Waals surface area contributed by atoms with Gasteiger partial charge in [-0.2, -0.15) is 0 Å². The Kier molecular flexibility index (Phi) is 8.09. The molecule has 2 atom stereocenters. The number of rotatable bonds is 9. The van der Waals surface area contributed by atoms with E-state index in [1.807, 2.05) is 6.92 Å². The van der Waals surface area contributed by atoms with E-state index in [4.69, 9.17) is 4.74 Å². The Balaban J connectivity index is 1.87. The lowest BCUT2D eigenvalue weighted by molar-refractivity contribution is -0.881. The Morgan fingerprint density at radius 1 is 1.07 bits per heavy atom. The molecule has 0 radical (unpaired) electrons. The maximum Gasteiger partial charge on any atom is 0.279 e. The van der Waals surface area contributed by atoms with Crippen LogP contribution in [0.3, 0.4) is 0 Å². The van der Waals surface area contributed by atoms with Crippen molar-refractivity contribution in [1.29, 1.82) is 0 Å². The fourth-order valence-electron chi connectivity index (χ4n) is 2.87. The number of methoxy groups -OCH3 is 1. The number of hydrogen-bond acceptors (Lipinski definition) is 3. The minimum absolute atomic E-state index is 0.0552. The Labute approximate surface area is 168 Å². The van der Waals surface area contributed by atoms with Crippen LogP contribution in [0.5, 0.6) is 5.75 Å². The van der Waals surface area contributed by atoms with Gasteiger partial charge in [0.05, 0.1) is 19.7 Å². The molecule has 156 valence electrons. The lowest BCUT2D eigenvalue weighted by Gasteiger charge is -2.19. The number of ether oxygens (including phenoxy) is 1. The molecule has 0 aromatic heterocycles. The topological polar surface area (TPSA) is 71.9 Å². The molecule has 3 N–H and O–H groups in total. The largest absolute Gasteiger partial charge is 0.497 e. The lowest BCUT2D eigenvalue weighted by atomic mass is 10.1. The predicted molar refractivity (Wildman–Crippen MR) is 106 cm³/mol. The molecule has 0 aliphatic rings. The first-order chi connectivity index (χ1) is 13.8. The van der Waals surface area contributed by atoms with Gasteiger partial charge in [-0.25, -0.2) is 8.78 Å². The summed E-state index contributed by atoms with van der Waals surface area (Å²) in [6.45, 7) is 4.21. The van der Waals surface area contributed by atoms with Crippen LogP contribution in [0, 0.1) is 11.6 Å². The van der Waals surface area contributed by atoms with Crippen molar-refractivity contribution >= 4 is 17.5 Å². The highest BCUT2D eigenvalue weighted by atomic mass is 19.1. The highest BCUT2D eigenvalue weighted by molar-refractivity contribution is 5.91. The summed E-state index contributed by atoms with van der Waals surface area (Å²) in [5.41, 5.74) is 0.839. The summed E-state index contributed by atoms with van der Waals surface area (Å²) >= 11 is 0. The zero-order chi connectivity index (χ0) is 21.4. The molecule has 8 heteroatoms. The molecule has 2 aromatic carbocycles. The van der Waals surface area contributed by atoms with Crippen LogP contribution in [-0.2, 0) is 9.59 Å². The molecule has 2 aromatic rings. The molecule has 0 aliphatic heterocycles. The minimum atomic E-state index is -0.712. The van der Waals surface area contributed by atoms with Gasteiger partial charge in [0, 0.05) is 17.3 Å². The molecule has 1 unspecified atom stereocenters. The van der Waals surface area contributed by atoms with Crippen molar-refractivity contribution in [2.45, 2.75) is 19.9 Å². The average molecular weight is 406 g/mol. The SMILES string of the molecule is CC[NH+](CC(=O)Nc1ccc(OC)cc1)CC(=O)N[C@@H](C)c1ccc(F)cc1F. The van der Waals surface area contributed by atoms with Gasteiger partial charge in [0.25, 0.3) is 11.8 Å². The number of benzene rings is 2. The van der Waals surface area contributed by atoms with Crippen molar-refractivity contribution < 1.29 is 28.0 Å². The van der Waals surface area contributed by atoms with E-state index in [1.54, 1.807) is 38.3 Å². The van der Waals surface area contributed by atoms with Crippen LogP contribution in [0.2, 0.25) is 0 Å². The third-order valence-electron chi connectivity index (χ3n) is 4.50. The summed E-state index contributed by atoms with van der Waals surface area (Å²) in [7, 11) is 1.56. The van der Waals surface area contributed by atoms with Crippen LogP contribution < -0.4 is 20.3 Å². The maximum absolute atomic E-state index is 13.8. The van der Waals surface area contributed by atoms with E-state index >= 15 is 0 Å². The van der Waals surface area contributed by atoms with E-state index in [0.29, 0.717) is 18.0 Å². The van der Waals surface area contributed by atoms with E-state index in [2.05, 4.69) is 10.6 Å². The molecule has 0 saturated heterocycles. The van der Waals surface area contributed by atoms with E-state index in [0.717, 1.165) is 17.0 Å². The quantitative estimate of drug-likeness (QED) is 0.594. The second-order valence-electron chi connectivity index (χ2n) is 6.69. The Hall–Kier alpha value is -3.00. The number of carbonyl (C=O) groups excluding carboxylic acids is 2. The number of quaternary nitrogens is 1. The molecule has 2 rings (SSSR count). The number of amides is 2. The van der Waals surface area contributed by atoms with Crippen LogP contribution in [0.25, 0.3) is 0 Å². The summed E-state index contributed by atoms with van der Waals surface area (Å²) in [6, 6.07) is 9.56. The molecule has 2 amide bonds. The molecule has 6 nitrogen and oxygen atoms in total. The van der Waals surface area contributed by atoms with Gasteiger partial charge in [-0.15, -0.1) is 0 Å². The molecular formula is C21H26F2N3O3+. The molecule has 0 saturated carbocycles.